The van der Waals surface area contributed by atoms with Crippen molar-refractivity contribution in [1.82, 2.24) is 4.90 Å². The van der Waals surface area contributed by atoms with Gasteiger partial charge >= 0.3 is 0 Å². The summed E-state index contributed by atoms with van der Waals surface area (Å²) in [4.78, 5) is 14.6. The first kappa shape index (κ1) is 12.5. The number of benzene rings is 1. The molecule has 2 aliphatic rings. The Bertz CT molecular complexity index is 485. The summed E-state index contributed by atoms with van der Waals surface area (Å²) in [6.45, 7) is 4.08. The van der Waals surface area contributed by atoms with E-state index in [2.05, 4.69) is 24.4 Å². The van der Waals surface area contributed by atoms with Crippen molar-refractivity contribution in [3.05, 3.63) is 29.8 Å². The maximum atomic E-state index is 12.6. The molecule has 19 heavy (non-hydrogen) atoms. The number of likely N-dealkylation sites (N-methyl/N-ethyl adjacent to an activating group) is 1. The fraction of sp³-hybridized carbons (Fsp3) is 0.562. The Morgan fingerprint density at radius 2 is 2.16 bits per heavy atom. The molecule has 1 aromatic carbocycles. The number of fused-ring (bicyclic) bond motifs is 1. The van der Waals surface area contributed by atoms with Crippen LogP contribution in [0.4, 0.5) is 5.69 Å². The third-order valence-corrected chi connectivity index (χ3v) is 4.54. The van der Waals surface area contributed by atoms with E-state index in [0.717, 1.165) is 42.6 Å². The van der Waals surface area contributed by atoms with Crippen molar-refractivity contribution in [2.45, 2.75) is 25.7 Å². The van der Waals surface area contributed by atoms with E-state index in [-0.39, 0.29) is 11.8 Å². The number of para-hydroxylation sites is 1. The topological polar surface area (TPSA) is 32.3 Å². The number of carbonyl (C=O) groups is 1. The average molecular weight is 258 g/mol. The highest BCUT2D eigenvalue weighted by atomic mass is 16.2. The van der Waals surface area contributed by atoms with Crippen LogP contribution in [0.25, 0.3) is 0 Å². The van der Waals surface area contributed by atoms with Gasteiger partial charge in [-0.1, -0.05) is 25.1 Å². The molecule has 3 heteroatoms. The predicted molar refractivity (Wildman–Crippen MR) is 77.2 cm³/mol. The van der Waals surface area contributed by atoms with E-state index in [9.17, 15) is 4.79 Å². The van der Waals surface area contributed by atoms with E-state index in [4.69, 9.17) is 0 Å². The lowest BCUT2D eigenvalue weighted by molar-refractivity contribution is -0.131. The van der Waals surface area contributed by atoms with Crippen molar-refractivity contribution in [3.63, 3.8) is 0 Å². The zero-order chi connectivity index (χ0) is 13.4. The normalized spacial score (nSPS) is 28.2. The van der Waals surface area contributed by atoms with Crippen LogP contribution in [0.1, 0.15) is 31.2 Å². The highest BCUT2D eigenvalue weighted by Gasteiger charge is 2.36. The van der Waals surface area contributed by atoms with E-state index in [1.54, 1.807) is 0 Å². The van der Waals surface area contributed by atoms with Crippen LogP contribution in [0.2, 0.25) is 0 Å². The minimum absolute atomic E-state index is 0.0384. The van der Waals surface area contributed by atoms with Crippen molar-refractivity contribution >= 4 is 11.6 Å². The van der Waals surface area contributed by atoms with Crippen molar-refractivity contribution < 1.29 is 4.79 Å². The van der Waals surface area contributed by atoms with Gasteiger partial charge in [0.25, 0.3) is 0 Å². The van der Waals surface area contributed by atoms with Gasteiger partial charge in [-0.25, -0.2) is 0 Å². The second kappa shape index (κ2) is 4.87. The van der Waals surface area contributed by atoms with Gasteiger partial charge in [0.1, 0.15) is 0 Å². The molecule has 1 heterocycles. The Kier molecular flexibility index (Phi) is 3.21. The highest BCUT2D eigenvalue weighted by Crippen LogP contribution is 2.39. The van der Waals surface area contributed by atoms with Crippen molar-refractivity contribution in [3.8, 4) is 0 Å². The maximum absolute atomic E-state index is 12.6. The minimum Gasteiger partial charge on any atom is -0.385 e. The van der Waals surface area contributed by atoms with Gasteiger partial charge in [0, 0.05) is 25.8 Å². The Hall–Kier alpha value is -1.51. The van der Waals surface area contributed by atoms with Gasteiger partial charge in [0.15, 0.2) is 0 Å². The molecule has 3 unspecified atom stereocenters. The number of nitrogens with zero attached hydrogens (tertiary/aromatic N) is 1. The molecular weight excluding hydrogens is 236 g/mol. The summed E-state index contributed by atoms with van der Waals surface area (Å²) in [6, 6.07) is 8.19. The summed E-state index contributed by atoms with van der Waals surface area (Å²) in [7, 11) is 1.96. The fourth-order valence-electron chi connectivity index (χ4n) is 3.09. The van der Waals surface area contributed by atoms with Gasteiger partial charge in [0.05, 0.1) is 5.92 Å². The van der Waals surface area contributed by atoms with E-state index < -0.39 is 0 Å². The minimum atomic E-state index is 0.0384. The molecule has 0 spiro atoms. The molecule has 3 atom stereocenters. The average Bonchev–Trinajstić information content (AvgIpc) is 3.12. The standard InChI is InChI=1S/C16H22N2O/c1-11-9-12(11)10-18(2)16(19)14-7-8-17-15-6-4-3-5-13(14)15/h3-6,11-12,14,17H,7-10H2,1-2H3. The number of hydrogen-bond donors (Lipinski definition) is 1. The van der Waals surface area contributed by atoms with Crippen LogP contribution in [0, 0.1) is 11.8 Å². The fourth-order valence-corrected chi connectivity index (χ4v) is 3.09. The molecule has 102 valence electrons. The number of nitrogens with one attached hydrogen (secondary N) is 1. The lowest BCUT2D eigenvalue weighted by Crippen LogP contribution is -2.36. The van der Waals surface area contributed by atoms with Gasteiger partial charge < -0.3 is 10.2 Å². The quantitative estimate of drug-likeness (QED) is 0.904. The van der Waals surface area contributed by atoms with Gasteiger partial charge in [-0.15, -0.1) is 0 Å². The Morgan fingerprint density at radius 1 is 1.42 bits per heavy atom. The zero-order valence-electron chi connectivity index (χ0n) is 11.7. The van der Waals surface area contributed by atoms with Crippen molar-refractivity contribution in [2.24, 2.45) is 11.8 Å². The third kappa shape index (κ3) is 2.46. The van der Waals surface area contributed by atoms with Gasteiger partial charge in [-0.3, -0.25) is 4.79 Å². The molecule has 1 amide bonds. The Balaban J connectivity index is 1.73. The van der Waals surface area contributed by atoms with Gasteiger partial charge in [-0.05, 0) is 36.3 Å². The third-order valence-electron chi connectivity index (χ3n) is 4.54. The van der Waals surface area contributed by atoms with Crippen LogP contribution in [0.3, 0.4) is 0 Å². The molecule has 1 saturated carbocycles. The predicted octanol–water partition coefficient (Wildman–Crippen LogP) is 2.70. The Morgan fingerprint density at radius 3 is 2.89 bits per heavy atom. The molecule has 0 bridgehead atoms. The van der Waals surface area contributed by atoms with Crippen LogP contribution in [-0.2, 0) is 4.79 Å². The van der Waals surface area contributed by atoms with Crippen molar-refractivity contribution in [1.29, 1.82) is 0 Å². The Labute approximate surface area is 115 Å². The number of rotatable bonds is 3. The second-order valence-corrected chi connectivity index (χ2v) is 6.05. The molecule has 1 aromatic rings. The summed E-state index contributed by atoms with van der Waals surface area (Å²) >= 11 is 0. The molecule has 1 fully saturated rings. The highest BCUT2D eigenvalue weighted by molar-refractivity contribution is 5.86. The number of amides is 1. The molecule has 1 N–H and O–H groups in total. The monoisotopic (exact) mass is 258 g/mol. The number of anilines is 1. The summed E-state index contributed by atoms with van der Waals surface area (Å²) < 4.78 is 0. The molecule has 0 saturated heterocycles. The SMILES string of the molecule is CC1CC1CN(C)C(=O)C1CCNc2ccccc21. The molecule has 0 aromatic heterocycles. The van der Waals surface area contributed by atoms with Crippen LogP contribution < -0.4 is 5.32 Å². The molecule has 1 aliphatic carbocycles. The first-order chi connectivity index (χ1) is 9.16. The smallest absolute Gasteiger partial charge is 0.230 e. The van der Waals surface area contributed by atoms with Crippen LogP contribution in [0.15, 0.2) is 24.3 Å². The first-order valence-electron chi connectivity index (χ1n) is 7.24. The summed E-state index contributed by atoms with van der Waals surface area (Å²) in [5, 5.41) is 3.38. The summed E-state index contributed by atoms with van der Waals surface area (Å²) in [5.74, 6) is 1.85. The molecule has 1 aliphatic heterocycles. The number of hydrogen-bond acceptors (Lipinski definition) is 2. The van der Waals surface area contributed by atoms with E-state index in [1.807, 2.05) is 24.1 Å². The van der Waals surface area contributed by atoms with Crippen LogP contribution in [0.5, 0.6) is 0 Å². The molecule has 3 rings (SSSR count). The molecule has 3 nitrogen and oxygen atoms in total. The van der Waals surface area contributed by atoms with E-state index in [1.165, 1.54) is 6.42 Å². The maximum Gasteiger partial charge on any atom is 0.230 e. The van der Waals surface area contributed by atoms with E-state index >= 15 is 0 Å². The largest absolute Gasteiger partial charge is 0.385 e. The molecular formula is C16H22N2O. The lowest BCUT2D eigenvalue weighted by atomic mass is 9.90. The van der Waals surface area contributed by atoms with Crippen LogP contribution in [-0.4, -0.2) is 30.9 Å². The summed E-state index contributed by atoms with van der Waals surface area (Å²) in [6.07, 6.45) is 2.18. The summed E-state index contributed by atoms with van der Waals surface area (Å²) in [5.41, 5.74) is 2.29. The second-order valence-electron chi connectivity index (χ2n) is 6.05. The van der Waals surface area contributed by atoms with Gasteiger partial charge in [-0.2, -0.15) is 0 Å². The first-order valence-corrected chi connectivity index (χ1v) is 7.24. The van der Waals surface area contributed by atoms with Crippen molar-refractivity contribution in [2.75, 3.05) is 25.5 Å². The zero-order valence-corrected chi connectivity index (χ0v) is 11.7. The van der Waals surface area contributed by atoms with Crippen LogP contribution >= 0.6 is 0 Å². The molecule has 0 radical (unpaired) electrons. The van der Waals surface area contributed by atoms with E-state index in [0.29, 0.717) is 0 Å². The number of carbonyl (C=O) groups excluding carboxylic acids is 1. The van der Waals surface area contributed by atoms with Gasteiger partial charge in [0.2, 0.25) is 5.91 Å². The lowest BCUT2D eigenvalue weighted by Gasteiger charge is -2.29.